The van der Waals surface area contributed by atoms with Gasteiger partial charge < -0.3 is 13.9 Å². The molecular formula is C15H23F3O3Si. The average molecular weight is 336 g/mol. The first kappa shape index (κ1) is 19.2. The standard InChI is InChI=1S/C15H23F3O3Si/c1-9(2)19-15(21-22,20-10(3)4)6-5-11-7-13(17)14(18)8-12(11)16/h7-10H,5-6H2,1-4,22H3. The fourth-order valence-corrected chi connectivity index (χ4v) is 2.50. The van der Waals surface area contributed by atoms with Gasteiger partial charge >= 0.3 is 0 Å². The quantitative estimate of drug-likeness (QED) is 0.415. The lowest BCUT2D eigenvalue weighted by atomic mass is 10.1. The predicted octanol–water partition coefficient (Wildman–Crippen LogP) is 2.84. The van der Waals surface area contributed by atoms with Crippen molar-refractivity contribution in [1.82, 2.24) is 0 Å². The number of aryl methyl sites for hydroxylation is 1. The molecule has 0 radical (unpaired) electrons. The van der Waals surface area contributed by atoms with E-state index in [1.165, 1.54) is 0 Å². The number of ether oxygens (including phenoxy) is 2. The summed E-state index contributed by atoms with van der Waals surface area (Å²) in [5, 5.41) is 0. The molecule has 0 spiro atoms. The van der Waals surface area contributed by atoms with Crippen LogP contribution in [0.5, 0.6) is 0 Å². The van der Waals surface area contributed by atoms with E-state index in [0.717, 1.165) is 6.07 Å². The molecule has 0 bridgehead atoms. The second-order valence-corrected chi connectivity index (χ2v) is 5.99. The van der Waals surface area contributed by atoms with E-state index in [1.54, 1.807) is 0 Å². The highest BCUT2D eigenvalue weighted by atomic mass is 28.2. The Morgan fingerprint density at radius 1 is 0.955 bits per heavy atom. The Morgan fingerprint density at radius 3 is 1.91 bits per heavy atom. The van der Waals surface area contributed by atoms with Gasteiger partial charge in [-0.25, -0.2) is 13.2 Å². The van der Waals surface area contributed by atoms with Gasteiger partial charge in [-0.05, 0) is 45.7 Å². The third-order valence-electron chi connectivity index (χ3n) is 2.93. The first-order valence-electron chi connectivity index (χ1n) is 7.23. The van der Waals surface area contributed by atoms with Crippen LogP contribution >= 0.6 is 0 Å². The van der Waals surface area contributed by atoms with Gasteiger partial charge in [0.15, 0.2) is 22.1 Å². The van der Waals surface area contributed by atoms with E-state index < -0.39 is 23.4 Å². The van der Waals surface area contributed by atoms with Crippen molar-refractivity contribution in [2.24, 2.45) is 0 Å². The maximum absolute atomic E-state index is 13.7. The molecule has 0 fully saturated rings. The second-order valence-electron chi connectivity index (χ2n) is 5.58. The summed E-state index contributed by atoms with van der Waals surface area (Å²) < 4.78 is 56.8. The highest BCUT2D eigenvalue weighted by Crippen LogP contribution is 2.26. The molecule has 0 aliphatic carbocycles. The van der Waals surface area contributed by atoms with Crippen LogP contribution in [0.3, 0.4) is 0 Å². The number of hydrogen-bond acceptors (Lipinski definition) is 3. The zero-order valence-corrected chi connectivity index (χ0v) is 15.6. The Hall–Kier alpha value is -0.893. The molecule has 0 unspecified atom stereocenters. The van der Waals surface area contributed by atoms with Crippen LogP contribution in [0.1, 0.15) is 39.7 Å². The lowest BCUT2D eigenvalue weighted by molar-refractivity contribution is -0.368. The van der Waals surface area contributed by atoms with Crippen molar-refractivity contribution in [3.63, 3.8) is 0 Å². The van der Waals surface area contributed by atoms with E-state index in [4.69, 9.17) is 13.9 Å². The minimum Gasteiger partial charge on any atom is -0.380 e. The SMILES string of the molecule is CC(C)OC(CCc1cc(F)c(F)cc1F)(O[SiH3])OC(C)C. The Labute approximate surface area is 132 Å². The summed E-state index contributed by atoms with van der Waals surface area (Å²) in [5.74, 6) is -4.38. The van der Waals surface area contributed by atoms with Crippen molar-refractivity contribution in [3.05, 3.63) is 35.1 Å². The Bertz CT molecular complexity index is 485. The number of halogens is 3. The molecule has 0 aliphatic heterocycles. The van der Waals surface area contributed by atoms with Crippen molar-refractivity contribution < 1.29 is 27.1 Å². The van der Waals surface area contributed by atoms with Gasteiger partial charge in [-0.1, -0.05) is 0 Å². The number of rotatable bonds is 8. The number of benzene rings is 1. The van der Waals surface area contributed by atoms with E-state index in [1.807, 2.05) is 27.7 Å². The van der Waals surface area contributed by atoms with Crippen molar-refractivity contribution in [3.8, 4) is 0 Å². The van der Waals surface area contributed by atoms with Crippen LogP contribution in [0.25, 0.3) is 0 Å². The molecule has 7 heteroatoms. The summed E-state index contributed by atoms with van der Waals surface area (Å²) in [6.45, 7) is 7.32. The summed E-state index contributed by atoms with van der Waals surface area (Å²) in [6, 6.07) is 1.40. The predicted molar refractivity (Wildman–Crippen MR) is 80.8 cm³/mol. The van der Waals surface area contributed by atoms with Gasteiger partial charge in [-0.3, -0.25) is 0 Å². The van der Waals surface area contributed by atoms with Gasteiger partial charge in [0, 0.05) is 12.5 Å². The van der Waals surface area contributed by atoms with Crippen molar-refractivity contribution in [2.45, 2.75) is 58.7 Å². The molecule has 0 aromatic heterocycles. The van der Waals surface area contributed by atoms with Gasteiger partial charge in [0.2, 0.25) is 0 Å². The highest BCUT2D eigenvalue weighted by Gasteiger charge is 2.34. The van der Waals surface area contributed by atoms with Gasteiger partial charge in [-0.2, -0.15) is 0 Å². The summed E-state index contributed by atoms with van der Waals surface area (Å²) in [6.07, 6.45) is -0.0514. The fraction of sp³-hybridized carbons (Fsp3) is 0.600. The van der Waals surface area contributed by atoms with E-state index in [-0.39, 0.29) is 30.6 Å². The van der Waals surface area contributed by atoms with Gasteiger partial charge in [0.25, 0.3) is 5.97 Å². The minimum atomic E-state index is -1.30. The maximum Gasteiger partial charge on any atom is 0.273 e. The van der Waals surface area contributed by atoms with E-state index in [9.17, 15) is 13.2 Å². The first-order chi connectivity index (χ1) is 10.2. The highest BCUT2D eigenvalue weighted by molar-refractivity contribution is 5.98. The molecule has 0 saturated carbocycles. The van der Waals surface area contributed by atoms with Crippen LogP contribution in [0, 0.1) is 17.5 Å². The molecule has 1 aromatic rings. The van der Waals surface area contributed by atoms with E-state index in [2.05, 4.69) is 0 Å². The monoisotopic (exact) mass is 336 g/mol. The Kier molecular flexibility index (Phi) is 7.05. The third kappa shape index (κ3) is 5.39. The summed E-state index contributed by atoms with van der Waals surface area (Å²) in [5.41, 5.74) is 0.0571. The Balaban J connectivity index is 2.93. The smallest absolute Gasteiger partial charge is 0.273 e. The van der Waals surface area contributed by atoms with Gasteiger partial charge in [0.1, 0.15) is 5.82 Å². The molecule has 0 heterocycles. The van der Waals surface area contributed by atoms with Crippen molar-refractivity contribution in [2.75, 3.05) is 0 Å². The zero-order valence-electron chi connectivity index (χ0n) is 13.6. The molecule has 1 aromatic carbocycles. The van der Waals surface area contributed by atoms with Gasteiger partial charge in [0.05, 0.1) is 12.2 Å². The summed E-state index contributed by atoms with van der Waals surface area (Å²) in [7, 11) is 0.351. The van der Waals surface area contributed by atoms with Crippen LogP contribution in [-0.4, -0.2) is 28.7 Å². The summed E-state index contributed by atoms with van der Waals surface area (Å²) in [4.78, 5) is 0. The molecule has 0 atom stereocenters. The van der Waals surface area contributed by atoms with Crippen molar-refractivity contribution >= 4 is 10.5 Å². The van der Waals surface area contributed by atoms with Crippen LogP contribution in [0.4, 0.5) is 13.2 Å². The topological polar surface area (TPSA) is 27.7 Å². The molecule has 0 saturated heterocycles. The lowest BCUT2D eigenvalue weighted by Crippen LogP contribution is -2.43. The third-order valence-corrected chi connectivity index (χ3v) is 3.55. The molecule has 3 nitrogen and oxygen atoms in total. The molecule has 126 valence electrons. The molecular weight excluding hydrogens is 313 g/mol. The van der Waals surface area contributed by atoms with Crippen LogP contribution in [-0.2, 0) is 20.3 Å². The maximum atomic E-state index is 13.7. The molecule has 0 amide bonds. The number of hydrogen-bond donors (Lipinski definition) is 0. The molecule has 22 heavy (non-hydrogen) atoms. The summed E-state index contributed by atoms with van der Waals surface area (Å²) >= 11 is 0. The lowest BCUT2D eigenvalue weighted by Gasteiger charge is -2.36. The normalized spacial score (nSPS) is 12.6. The minimum absolute atomic E-state index is 0.0571. The zero-order chi connectivity index (χ0) is 16.9. The van der Waals surface area contributed by atoms with E-state index in [0.29, 0.717) is 16.6 Å². The average Bonchev–Trinajstić information content (AvgIpc) is 2.39. The largest absolute Gasteiger partial charge is 0.380 e. The van der Waals surface area contributed by atoms with Crippen LogP contribution in [0.15, 0.2) is 12.1 Å². The van der Waals surface area contributed by atoms with Crippen molar-refractivity contribution in [1.29, 1.82) is 0 Å². The van der Waals surface area contributed by atoms with Gasteiger partial charge in [-0.15, -0.1) is 0 Å². The Morgan fingerprint density at radius 2 is 1.45 bits per heavy atom. The first-order valence-corrected chi connectivity index (χ1v) is 8.05. The second kappa shape index (κ2) is 8.10. The molecule has 0 aliphatic rings. The molecule has 1 rings (SSSR count). The van der Waals surface area contributed by atoms with E-state index >= 15 is 0 Å². The fourth-order valence-electron chi connectivity index (χ4n) is 2.11. The molecule has 0 N–H and O–H groups in total. The van der Waals surface area contributed by atoms with Crippen LogP contribution in [0.2, 0.25) is 0 Å². The van der Waals surface area contributed by atoms with Crippen LogP contribution < -0.4 is 0 Å².